The lowest BCUT2D eigenvalue weighted by atomic mass is 10.4. The van der Waals surface area contributed by atoms with Gasteiger partial charge in [0.25, 0.3) is 0 Å². The summed E-state index contributed by atoms with van der Waals surface area (Å²) in [6, 6.07) is 11.3. The molecular formula is C13H9N3OS. The number of aldehydes is 1. The van der Waals surface area contributed by atoms with Crippen molar-refractivity contribution in [3.8, 4) is 0 Å². The van der Waals surface area contributed by atoms with Crippen molar-refractivity contribution >= 4 is 23.7 Å². The van der Waals surface area contributed by atoms with Crippen molar-refractivity contribution in [2.45, 2.75) is 10.1 Å². The lowest BCUT2D eigenvalue weighted by Gasteiger charge is -1.97. The Labute approximate surface area is 108 Å². The minimum Gasteiger partial charge on any atom is -0.296 e. The summed E-state index contributed by atoms with van der Waals surface area (Å²) in [4.78, 5) is 19.8. The Morgan fingerprint density at radius 1 is 1.17 bits per heavy atom. The highest BCUT2D eigenvalue weighted by molar-refractivity contribution is 7.99. The van der Waals surface area contributed by atoms with Crippen LogP contribution in [0.1, 0.15) is 10.5 Å². The van der Waals surface area contributed by atoms with Gasteiger partial charge in [0.2, 0.25) is 0 Å². The Kier molecular flexibility index (Phi) is 2.82. The predicted molar refractivity (Wildman–Crippen MR) is 68.9 cm³/mol. The molecule has 3 rings (SSSR count). The number of hydrogen-bond acceptors (Lipinski definition) is 4. The number of rotatable bonds is 3. The van der Waals surface area contributed by atoms with Crippen LogP contribution in [0, 0.1) is 0 Å². The van der Waals surface area contributed by atoms with Gasteiger partial charge in [0.15, 0.2) is 6.29 Å². The lowest BCUT2D eigenvalue weighted by Crippen LogP contribution is -1.90. The third kappa shape index (κ3) is 1.89. The van der Waals surface area contributed by atoms with Gasteiger partial charge in [0, 0.05) is 12.4 Å². The number of nitrogens with zero attached hydrogens (tertiary/aromatic N) is 3. The highest BCUT2D eigenvalue weighted by atomic mass is 32.2. The quantitative estimate of drug-likeness (QED) is 0.675. The summed E-state index contributed by atoms with van der Waals surface area (Å²) < 4.78 is 1.78. The summed E-state index contributed by atoms with van der Waals surface area (Å²) in [7, 11) is 0. The van der Waals surface area contributed by atoms with Crippen LogP contribution >= 0.6 is 11.8 Å². The molecule has 0 saturated heterocycles. The normalized spacial score (nSPS) is 10.7. The number of hydrogen-bond donors (Lipinski definition) is 0. The van der Waals surface area contributed by atoms with Gasteiger partial charge in [-0.3, -0.25) is 9.20 Å². The van der Waals surface area contributed by atoms with Crippen LogP contribution in [0.25, 0.3) is 5.65 Å². The zero-order valence-electron chi connectivity index (χ0n) is 9.35. The summed E-state index contributed by atoms with van der Waals surface area (Å²) in [5, 5.41) is 1.50. The maximum atomic E-state index is 11.2. The van der Waals surface area contributed by atoms with E-state index in [9.17, 15) is 4.79 Å². The zero-order valence-corrected chi connectivity index (χ0v) is 10.2. The van der Waals surface area contributed by atoms with E-state index in [0.29, 0.717) is 10.7 Å². The fourth-order valence-electron chi connectivity index (χ4n) is 1.68. The smallest absolute Gasteiger partial charge is 0.169 e. The van der Waals surface area contributed by atoms with Crippen LogP contribution in [0.3, 0.4) is 0 Å². The second-order valence-electron chi connectivity index (χ2n) is 3.62. The molecule has 0 saturated carbocycles. The zero-order chi connectivity index (χ0) is 12.4. The molecule has 0 spiro atoms. The van der Waals surface area contributed by atoms with Gasteiger partial charge in [0.05, 0.1) is 0 Å². The Morgan fingerprint density at radius 2 is 2.06 bits per heavy atom. The van der Waals surface area contributed by atoms with Crippen LogP contribution in [0.4, 0.5) is 0 Å². The topological polar surface area (TPSA) is 47.3 Å². The van der Waals surface area contributed by atoms with Crippen molar-refractivity contribution in [2.75, 3.05) is 0 Å². The number of imidazole rings is 1. The molecule has 0 atom stereocenters. The van der Waals surface area contributed by atoms with Crippen LogP contribution in [0.2, 0.25) is 0 Å². The number of aromatic nitrogens is 3. The van der Waals surface area contributed by atoms with Gasteiger partial charge in [-0.05, 0) is 36.0 Å². The fourth-order valence-corrected chi connectivity index (χ4v) is 2.53. The van der Waals surface area contributed by atoms with Crippen LogP contribution in [0.5, 0.6) is 0 Å². The Hall–Kier alpha value is -2.14. The number of pyridine rings is 2. The van der Waals surface area contributed by atoms with Crippen molar-refractivity contribution in [1.82, 2.24) is 14.4 Å². The van der Waals surface area contributed by atoms with Crippen LogP contribution < -0.4 is 0 Å². The predicted octanol–water partition coefficient (Wildman–Crippen LogP) is 2.69. The molecule has 88 valence electrons. The largest absolute Gasteiger partial charge is 0.296 e. The molecule has 3 aromatic rings. The molecule has 0 aromatic carbocycles. The molecule has 5 heteroatoms. The Morgan fingerprint density at radius 3 is 2.83 bits per heavy atom. The van der Waals surface area contributed by atoms with Gasteiger partial charge in [-0.2, -0.15) is 0 Å². The molecule has 0 amide bonds. The average molecular weight is 255 g/mol. The third-order valence-corrected chi connectivity index (χ3v) is 3.43. The van der Waals surface area contributed by atoms with Crippen LogP contribution in [-0.4, -0.2) is 20.7 Å². The molecule has 0 aliphatic heterocycles. The second-order valence-corrected chi connectivity index (χ2v) is 4.63. The molecule has 18 heavy (non-hydrogen) atoms. The van der Waals surface area contributed by atoms with E-state index in [2.05, 4.69) is 9.97 Å². The summed E-state index contributed by atoms with van der Waals surface area (Å²) >= 11 is 1.39. The van der Waals surface area contributed by atoms with E-state index >= 15 is 0 Å². The van der Waals surface area contributed by atoms with Crippen molar-refractivity contribution in [1.29, 1.82) is 0 Å². The first-order valence-corrected chi connectivity index (χ1v) is 6.21. The molecule has 0 aliphatic rings. The SMILES string of the molecule is O=Cc1c(Sc2ccccn2)nc2ccccn12. The average Bonchev–Trinajstić information content (AvgIpc) is 2.77. The molecule has 0 aliphatic carbocycles. The van der Waals surface area contributed by atoms with Crippen molar-refractivity contribution in [3.05, 3.63) is 54.5 Å². The van der Waals surface area contributed by atoms with E-state index in [0.717, 1.165) is 17.0 Å². The Bertz CT molecular complexity index is 694. The highest BCUT2D eigenvalue weighted by Crippen LogP contribution is 2.27. The minimum atomic E-state index is 0.557. The molecule has 0 bridgehead atoms. The molecule has 0 fully saturated rings. The van der Waals surface area contributed by atoms with E-state index in [-0.39, 0.29) is 0 Å². The van der Waals surface area contributed by atoms with Crippen LogP contribution in [0.15, 0.2) is 58.8 Å². The van der Waals surface area contributed by atoms with Gasteiger partial charge in [-0.15, -0.1) is 0 Å². The number of carbonyl (C=O) groups is 1. The summed E-state index contributed by atoms with van der Waals surface area (Å²) in [5.41, 5.74) is 1.32. The monoisotopic (exact) mass is 255 g/mol. The van der Waals surface area contributed by atoms with Crippen LogP contribution in [-0.2, 0) is 0 Å². The molecular weight excluding hydrogens is 246 g/mol. The van der Waals surface area contributed by atoms with E-state index in [1.807, 2.05) is 42.6 Å². The van der Waals surface area contributed by atoms with Crippen molar-refractivity contribution in [2.24, 2.45) is 0 Å². The number of carbonyl (C=O) groups excluding carboxylic acids is 1. The Balaban J connectivity index is 2.09. The van der Waals surface area contributed by atoms with Crippen molar-refractivity contribution < 1.29 is 4.79 Å². The highest BCUT2D eigenvalue weighted by Gasteiger charge is 2.12. The van der Waals surface area contributed by atoms with E-state index < -0.39 is 0 Å². The van der Waals surface area contributed by atoms with Gasteiger partial charge in [0.1, 0.15) is 21.4 Å². The molecule has 3 aromatic heterocycles. The van der Waals surface area contributed by atoms with E-state index in [4.69, 9.17) is 0 Å². The first-order chi connectivity index (χ1) is 8.88. The fraction of sp³-hybridized carbons (Fsp3) is 0. The molecule has 0 unspecified atom stereocenters. The summed E-state index contributed by atoms with van der Waals surface area (Å²) in [5.74, 6) is 0. The van der Waals surface area contributed by atoms with Crippen molar-refractivity contribution in [3.63, 3.8) is 0 Å². The van der Waals surface area contributed by atoms with Gasteiger partial charge in [-0.25, -0.2) is 9.97 Å². The van der Waals surface area contributed by atoms with Gasteiger partial charge < -0.3 is 0 Å². The van der Waals surface area contributed by atoms with E-state index in [1.54, 1.807) is 10.6 Å². The van der Waals surface area contributed by atoms with Gasteiger partial charge in [-0.1, -0.05) is 12.1 Å². The summed E-state index contributed by atoms with van der Waals surface area (Å²) in [6.45, 7) is 0. The first-order valence-electron chi connectivity index (χ1n) is 5.39. The lowest BCUT2D eigenvalue weighted by molar-refractivity contribution is 0.111. The first kappa shape index (κ1) is 11.0. The number of fused-ring (bicyclic) bond motifs is 1. The molecule has 3 heterocycles. The third-order valence-electron chi connectivity index (χ3n) is 2.48. The summed E-state index contributed by atoms with van der Waals surface area (Å²) in [6.07, 6.45) is 4.37. The maximum absolute atomic E-state index is 11.2. The maximum Gasteiger partial charge on any atom is 0.169 e. The molecule has 4 nitrogen and oxygen atoms in total. The minimum absolute atomic E-state index is 0.557. The second kappa shape index (κ2) is 4.62. The molecule has 0 radical (unpaired) electrons. The standard InChI is InChI=1S/C13H9N3OS/c17-9-10-13(18-12-6-1-3-7-14-12)15-11-5-2-4-8-16(10)11/h1-9H. The molecule has 0 N–H and O–H groups in total. The van der Waals surface area contributed by atoms with Gasteiger partial charge >= 0.3 is 0 Å². The van der Waals surface area contributed by atoms with E-state index in [1.165, 1.54) is 11.8 Å².